The molecular weight excluding hydrogens is 330 g/mol. The molecule has 0 bridgehead atoms. The highest BCUT2D eigenvalue weighted by molar-refractivity contribution is 6.32. The first-order valence-electron chi connectivity index (χ1n) is 7.59. The molecule has 0 saturated carbocycles. The molecule has 0 radical (unpaired) electrons. The molecule has 2 rings (SSSR count). The van der Waals surface area contributed by atoms with Crippen LogP contribution in [0.5, 0.6) is 11.5 Å². The first kappa shape index (κ1) is 18.1. The molecule has 0 atom stereocenters. The largest absolute Gasteiger partial charge is 0.495 e. The predicted molar refractivity (Wildman–Crippen MR) is 94.4 cm³/mol. The smallest absolute Gasteiger partial charge is 0.255 e. The van der Waals surface area contributed by atoms with Crippen molar-refractivity contribution in [1.29, 1.82) is 0 Å². The van der Waals surface area contributed by atoms with Crippen molar-refractivity contribution in [2.75, 3.05) is 32.2 Å². The fourth-order valence-electron chi connectivity index (χ4n) is 2.01. The van der Waals surface area contributed by atoms with Gasteiger partial charge in [0, 0.05) is 17.9 Å². The molecule has 0 fully saturated rings. The van der Waals surface area contributed by atoms with Crippen LogP contribution in [0.2, 0.25) is 5.02 Å². The Kier molecular flexibility index (Phi) is 6.90. The maximum absolute atomic E-state index is 12.2. The third kappa shape index (κ3) is 5.15. The van der Waals surface area contributed by atoms with E-state index in [9.17, 15) is 4.79 Å². The van der Waals surface area contributed by atoms with Gasteiger partial charge in [-0.25, -0.2) is 0 Å². The molecule has 1 amide bonds. The van der Waals surface area contributed by atoms with Gasteiger partial charge in [-0.05, 0) is 49.4 Å². The Morgan fingerprint density at radius 1 is 1.12 bits per heavy atom. The number of hydrogen-bond acceptors (Lipinski definition) is 4. The molecule has 24 heavy (non-hydrogen) atoms. The lowest BCUT2D eigenvalue weighted by Gasteiger charge is -2.09. The molecule has 0 heterocycles. The van der Waals surface area contributed by atoms with Gasteiger partial charge in [0.1, 0.15) is 18.1 Å². The monoisotopic (exact) mass is 349 g/mol. The van der Waals surface area contributed by atoms with E-state index in [-0.39, 0.29) is 5.91 Å². The Morgan fingerprint density at radius 3 is 2.50 bits per heavy atom. The minimum atomic E-state index is -0.225. The Hall–Kier alpha value is -2.24. The van der Waals surface area contributed by atoms with Crippen molar-refractivity contribution in [2.45, 2.75) is 6.92 Å². The topological polar surface area (TPSA) is 56.8 Å². The fourth-order valence-corrected chi connectivity index (χ4v) is 2.27. The average molecular weight is 350 g/mol. The maximum Gasteiger partial charge on any atom is 0.255 e. The van der Waals surface area contributed by atoms with Gasteiger partial charge in [0.25, 0.3) is 5.91 Å². The van der Waals surface area contributed by atoms with Crippen LogP contribution in [0.3, 0.4) is 0 Å². The molecule has 0 aromatic heterocycles. The quantitative estimate of drug-likeness (QED) is 0.731. The molecule has 0 spiro atoms. The third-order valence-electron chi connectivity index (χ3n) is 3.23. The number of benzene rings is 2. The Morgan fingerprint density at radius 2 is 1.88 bits per heavy atom. The number of carbonyl (C=O) groups is 1. The van der Waals surface area contributed by atoms with E-state index in [4.69, 9.17) is 25.8 Å². The van der Waals surface area contributed by atoms with Crippen molar-refractivity contribution >= 4 is 23.2 Å². The molecule has 0 saturated heterocycles. The van der Waals surface area contributed by atoms with Crippen LogP contribution in [0.4, 0.5) is 5.69 Å². The normalized spacial score (nSPS) is 10.3. The highest BCUT2D eigenvalue weighted by Gasteiger charge is 2.08. The second-order valence-corrected chi connectivity index (χ2v) is 5.28. The van der Waals surface area contributed by atoms with Gasteiger partial charge in [-0.1, -0.05) is 11.6 Å². The lowest BCUT2D eigenvalue weighted by Crippen LogP contribution is -2.12. The molecule has 128 valence electrons. The number of rotatable bonds is 8. The molecule has 2 aromatic carbocycles. The summed E-state index contributed by atoms with van der Waals surface area (Å²) in [4.78, 5) is 12.2. The molecule has 2 aromatic rings. The van der Waals surface area contributed by atoms with Gasteiger partial charge >= 0.3 is 0 Å². The zero-order chi connectivity index (χ0) is 17.4. The van der Waals surface area contributed by atoms with Crippen LogP contribution in [0.1, 0.15) is 17.3 Å². The summed E-state index contributed by atoms with van der Waals surface area (Å²) in [6.45, 7) is 3.61. The van der Waals surface area contributed by atoms with Crippen molar-refractivity contribution in [3.63, 3.8) is 0 Å². The van der Waals surface area contributed by atoms with Crippen LogP contribution < -0.4 is 14.8 Å². The van der Waals surface area contributed by atoms with Gasteiger partial charge in [-0.3, -0.25) is 4.79 Å². The number of amides is 1. The van der Waals surface area contributed by atoms with Crippen LogP contribution in [-0.2, 0) is 4.74 Å². The molecule has 0 aliphatic carbocycles. The van der Waals surface area contributed by atoms with E-state index >= 15 is 0 Å². The minimum absolute atomic E-state index is 0.225. The fraction of sp³-hybridized carbons (Fsp3) is 0.278. The first-order chi connectivity index (χ1) is 11.6. The summed E-state index contributed by atoms with van der Waals surface area (Å²) >= 11 is 6.05. The molecule has 0 aliphatic heterocycles. The molecular formula is C18H20ClNO4. The van der Waals surface area contributed by atoms with Crippen LogP contribution in [0.15, 0.2) is 42.5 Å². The van der Waals surface area contributed by atoms with Crippen LogP contribution >= 0.6 is 11.6 Å². The summed E-state index contributed by atoms with van der Waals surface area (Å²) < 4.78 is 15.8. The SMILES string of the molecule is CCOCCOc1ccc(C(=O)Nc2ccc(OC)c(Cl)c2)cc1. The standard InChI is InChI=1S/C18H20ClNO4/c1-3-23-10-11-24-15-7-4-13(5-8-15)18(21)20-14-6-9-17(22-2)16(19)12-14/h4-9,12H,3,10-11H2,1-2H3,(H,20,21). The van der Waals surface area contributed by atoms with Gasteiger partial charge in [0.15, 0.2) is 0 Å². The van der Waals surface area contributed by atoms with E-state index in [0.29, 0.717) is 47.6 Å². The zero-order valence-electron chi connectivity index (χ0n) is 13.7. The van der Waals surface area contributed by atoms with Gasteiger partial charge in [-0.2, -0.15) is 0 Å². The number of halogens is 1. The number of methoxy groups -OCH3 is 1. The maximum atomic E-state index is 12.2. The van der Waals surface area contributed by atoms with Gasteiger partial charge in [-0.15, -0.1) is 0 Å². The highest BCUT2D eigenvalue weighted by Crippen LogP contribution is 2.27. The zero-order valence-corrected chi connectivity index (χ0v) is 14.4. The summed E-state index contributed by atoms with van der Waals surface area (Å²) in [7, 11) is 1.54. The van der Waals surface area contributed by atoms with Crippen LogP contribution in [-0.4, -0.2) is 32.8 Å². The summed E-state index contributed by atoms with van der Waals surface area (Å²) in [5, 5.41) is 3.23. The van der Waals surface area contributed by atoms with Crippen molar-refractivity contribution in [3.05, 3.63) is 53.1 Å². The second-order valence-electron chi connectivity index (χ2n) is 4.87. The van der Waals surface area contributed by atoms with Gasteiger partial charge < -0.3 is 19.5 Å². The Balaban J connectivity index is 1.93. The number of nitrogens with one attached hydrogen (secondary N) is 1. The lowest BCUT2D eigenvalue weighted by atomic mass is 10.2. The Bertz CT molecular complexity index is 673. The van der Waals surface area contributed by atoms with E-state index in [2.05, 4.69) is 5.32 Å². The van der Waals surface area contributed by atoms with Gasteiger partial charge in [0.2, 0.25) is 0 Å². The number of carbonyl (C=O) groups excluding carboxylic acids is 1. The molecule has 1 N–H and O–H groups in total. The Labute approximate surface area is 146 Å². The molecule has 0 aliphatic rings. The van der Waals surface area contributed by atoms with E-state index in [0.717, 1.165) is 0 Å². The van der Waals surface area contributed by atoms with Gasteiger partial charge in [0.05, 0.1) is 18.7 Å². The van der Waals surface area contributed by atoms with Crippen LogP contribution in [0, 0.1) is 0 Å². The summed E-state index contributed by atoms with van der Waals surface area (Å²) in [5.74, 6) is 1.03. The highest BCUT2D eigenvalue weighted by atomic mass is 35.5. The molecule has 0 unspecified atom stereocenters. The predicted octanol–water partition coefficient (Wildman–Crippen LogP) is 4.02. The second kappa shape index (κ2) is 9.15. The minimum Gasteiger partial charge on any atom is -0.495 e. The lowest BCUT2D eigenvalue weighted by molar-refractivity contribution is 0.102. The van der Waals surface area contributed by atoms with E-state index in [1.54, 1.807) is 42.5 Å². The molecule has 5 nitrogen and oxygen atoms in total. The summed E-state index contributed by atoms with van der Waals surface area (Å²) in [5.41, 5.74) is 1.13. The van der Waals surface area contributed by atoms with Crippen molar-refractivity contribution in [2.24, 2.45) is 0 Å². The average Bonchev–Trinajstić information content (AvgIpc) is 2.59. The van der Waals surface area contributed by atoms with E-state index < -0.39 is 0 Å². The number of ether oxygens (including phenoxy) is 3. The van der Waals surface area contributed by atoms with E-state index in [1.165, 1.54) is 7.11 Å². The van der Waals surface area contributed by atoms with Crippen molar-refractivity contribution in [3.8, 4) is 11.5 Å². The van der Waals surface area contributed by atoms with E-state index in [1.807, 2.05) is 6.92 Å². The van der Waals surface area contributed by atoms with Crippen molar-refractivity contribution < 1.29 is 19.0 Å². The number of anilines is 1. The van der Waals surface area contributed by atoms with Crippen LogP contribution in [0.25, 0.3) is 0 Å². The molecule has 6 heteroatoms. The van der Waals surface area contributed by atoms with Crippen molar-refractivity contribution in [1.82, 2.24) is 0 Å². The number of hydrogen-bond donors (Lipinski definition) is 1. The summed E-state index contributed by atoms with van der Waals surface area (Å²) in [6, 6.07) is 12.0. The third-order valence-corrected chi connectivity index (χ3v) is 3.52. The first-order valence-corrected chi connectivity index (χ1v) is 7.97. The summed E-state index contributed by atoms with van der Waals surface area (Å²) in [6.07, 6.45) is 0.